The molecule has 2 heterocycles. The highest BCUT2D eigenvalue weighted by molar-refractivity contribution is 6.58. The average Bonchev–Trinajstić information content (AvgIpc) is 3.12. The molecule has 1 aromatic heterocycles. The number of nitrogens with zero attached hydrogens (tertiary/aromatic N) is 4. The van der Waals surface area contributed by atoms with Crippen molar-refractivity contribution < 1.29 is 24.0 Å². The van der Waals surface area contributed by atoms with E-state index in [0.717, 1.165) is 11.6 Å². The fraction of sp³-hybridized carbons (Fsp3) is 0.238. The fourth-order valence-corrected chi connectivity index (χ4v) is 3.87. The zero-order chi connectivity index (χ0) is 23.7. The monoisotopic (exact) mass is 452 g/mol. The molecule has 0 radical (unpaired) electrons. The Bertz CT molecular complexity index is 1210. The van der Waals surface area contributed by atoms with Gasteiger partial charge in [-0.2, -0.15) is 15.0 Å². The van der Waals surface area contributed by atoms with Crippen LogP contribution in [-0.4, -0.2) is 51.2 Å². The lowest BCUT2D eigenvalue weighted by molar-refractivity contribution is 0.0999. The summed E-state index contributed by atoms with van der Waals surface area (Å²) < 4.78 is 19.5. The molecule has 0 fully saturated rings. The van der Waals surface area contributed by atoms with Gasteiger partial charge in [-0.25, -0.2) is 4.39 Å². The Morgan fingerprint density at radius 1 is 1.30 bits per heavy atom. The first-order valence-corrected chi connectivity index (χ1v) is 10.2. The molecule has 0 spiro atoms. The van der Waals surface area contributed by atoms with Crippen molar-refractivity contribution in [2.45, 2.75) is 25.9 Å². The van der Waals surface area contributed by atoms with Crippen molar-refractivity contribution in [3.05, 3.63) is 58.9 Å². The summed E-state index contributed by atoms with van der Waals surface area (Å²) in [5.41, 5.74) is 7.80. The highest BCUT2D eigenvalue weighted by atomic mass is 19.1. The van der Waals surface area contributed by atoms with Gasteiger partial charge >= 0.3 is 13.1 Å². The molecule has 0 aliphatic carbocycles. The third kappa shape index (κ3) is 4.57. The second kappa shape index (κ2) is 9.00. The Hall–Kier alpha value is -3.77. The molecule has 1 unspecified atom stereocenters. The van der Waals surface area contributed by atoms with E-state index in [1.165, 1.54) is 13.2 Å². The summed E-state index contributed by atoms with van der Waals surface area (Å²) in [5, 5.41) is 21.8. The van der Waals surface area contributed by atoms with E-state index < -0.39 is 18.8 Å². The number of benzene rings is 2. The number of fused-ring (bicyclic) bond motifs is 1. The Morgan fingerprint density at radius 3 is 2.79 bits per heavy atom. The summed E-state index contributed by atoms with van der Waals surface area (Å²) in [4.78, 5) is 26.5. The minimum atomic E-state index is -1.57. The molecule has 170 valence electrons. The number of nitrogens with one attached hydrogen (secondary N) is 1. The Labute approximate surface area is 189 Å². The molecule has 1 aliphatic rings. The predicted octanol–water partition coefficient (Wildman–Crippen LogP) is 0.493. The van der Waals surface area contributed by atoms with Gasteiger partial charge in [0.05, 0.1) is 12.8 Å². The topological polar surface area (TPSA) is 147 Å². The first-order chi connectivity index (χ1) is 15.8. The number of rotatable bonds is 7. The number of amides is 1. The van der Waals surface area contributed by atoms with Crippen molar-refractivity contribution in [2.24, 2.45) is 5.73 Å². The smallest absolute Gasteiger partial charge is 0.467 e. The van der Waals surface area contributed by atoms with Gasteiger partial charge in [0.15, 0.2) is 0 Å². The maximum Gasteiger partial charge on any atom is 0.488 e. The van der Waals surface area contributed by atoms with E-state index in [1.807, 2.05) is 13.0 Å². The van der Waals surface area contributed by atoms with E-state index in [2.05, 4.69) is 20.3 Å². The maximum absolute atomic E-state index is 14.3. The number of nitrogens with two attached hydrogens (primary N) is 1. The molecule has 1 atom stereocenters. The normalized spacial score (nSPS) is 14.7. The summed E-state index contributed by atoms with van der Waals surface area (Å²) in [6, 6.07) is 9.09. The molecule has 10 nitrogen and oxygen atoms in total. The molecule has 0 saturated carbocycles. The van der Waals surface area contributed by atoms with Gasteiger partial charge in [0.25, 0.3) is 0 Å². The maximum atomic E-state index is 14.3. The molecule has 0 saturated heterocycles. The molecule has 4 rings (SSSR count). The lowest BCUT2D eigenvalue weighted by Crippen LogP contribution is -2.30. The number of anilines is 3. The van der Waals surface area contributed by atoms with Crippen LogP contribution >= 0.6 is 0 Å². The van der Waals surface area contributed by atoms with Crippen LogP contribution in [0, 0.1) is 5.82 Å². The van der Waals surface area contributed by atoms with E-state index in [4.69, 9.17) is 10.5 Å². The largest absolute Gasteiger partial charge is 0.488 e. The fourth-order valence-electron chi connectivity index (χ4n) is 3.87. The number of ether oxygens (including phenoxy) is 1. The predicted molar refractivity (Wildman–Crippen MR) is 120 cm³/mol. The summed E-state index contributed by atoms with van der Waals surface area (Å²) in [5.74, 6) is -0.868. The Balaban J connectivity index is 1.67. The number of hydrogen-bond donors (Lipinski definition) is 4. The number of carbonyl (C=O) groups excluding carboxylic acids is 1. The molecule has 2 aromatic carbocycles. The van der Waals surface area contributed by atoms with Gasteiger partial charge in [-0.1, -0.05) is 24.3 Å². The quantitative estimate of drug-likeness (QED) is 0.376. The number of halogens is 1. The van der Waals surface area contributed by atoms with E-state index in [0.29, 0.717) is 29.7 Å². The van der Waals surface area contributed by atoms with E-state index in [1.54, 1.807) is 23.1 Å². The van der Waals surface area contributed by atoms with Crippen LogP contribution in [0.15, 0.2) is 36.4 Å². The van der Waals surface area contributed by atoms with Gasteiger partial charge in [-0.15, -0.1) is 0 Å². The highest BCUT2D eigenvalue weighted by Crippen LogP contribution is 2.39. The van der Waals surface area contributed by atoms with Gasteiger partial charge in [0.1, 0.15) is 5.82 Å². The van der Waals surface area contributed by atoms with Crippen molar-refractivity contribution in [3.63, 3.8) is 0 Å². The minimum absolute atomic E-state index is 0.0502. The van der Waals surface area contributed by atoms with Crippen LogP contribution in [0.2, 0.25) is 0 Å². The molecular formula is C21H22BFN6O4. The number of hydrogen-bond acceptors (Lipinski definition) is 9. The molecular weight excluding hydrogens is 430 g/mol. The van der Waals surface area contributed by atoms with Crippen LogP contribution < -0.4 is 26.2 Å². The van der Waals surface area contributed by atoms with Crippen molar-refractivity contribution in [3.8, 4) is 6.01 Å². The van der Waals surface area contributed by atoms with Crippen molar-refractivity contribution in [1.29, 1.82) is 0 Å². The zero-order valence-electron chi connectivity index (χ0n) is 18.0. The van der Waals surface area contributed by atoms with E-state index in [-0.39, 0.29) is 29.5 Å². The van der Waals surface area contributed by atoms with Crippen LogP contribution in [0.25, 0.3) is 0 Å². The standard InChI is InChI=1S/C21H22BFN6O4/c1-11-6-15-16(18(24)30)8-14(23)9-17(15)29(11)20-26-19(27-21(28-20)33-2)25-10-12-4-3-5-13(7-12)22(31)32/h3-5,7-9,11,31-32H,6,10H2,1-2H3,(H2,24,30)(H,25,26,27,28). The second-order valence-electron chi connectivity index (χ2n) is 7.66. The summed E-state index contributed by atoms with van der Waals surface area (Å²) in [6.45, 7) is 2.19. The van der Waals surface area contributed by atoms with Gasteiger partial charge in [-0.3, -0.25) is 4.79 Å². The summed E-state index contributed by atoms with van der Waals surface area (Å²) >= 11 is 0. The molecule has 1 amide bonds. The average molecular weight is 452 g/mol. The van der Waals surface area contributed by atoms with Crippen LogP contribution in [0.5, 0.6) is 6.01 Å². The molecule has 5 N–H and O–H groups in total. The summed E-state index contributed by atoms with van der Waals surface area (Å²) in [7, 11) is -0.155. The number of primary amides is 1. The third-order valence-corrected chi connectivity index (χ3v) is 5.36. The number of carbonyl (C=O) groups is 1. The van der Waals surface area contributed by atoms with Crippen LogP contribution in [0.4, 0.5) is 22.0 Å². The summed E-state index contributed by atoms with van der Waals surface area (Å²) in [6.07, 6.45) is 0.459. The molecule has 1 aliphatic heterocycles. The van der Waals surface area contributed by atoms with Crippen molar-refractivity contribution in [1.82, 2.24) is 15.0 Å². The number of methoxy groups -OCH3 is 1. The molecule has 3 aromatic rings. The van der Waals surface area contributed by atoms with Crippen molar-refractivity contribution in [2.75, 3.05) is 17.3 Å². The zero-order valence-corrected chi connectivity index (χ0v) is 18.0. The minimum Gasteiger partial charge on any atom is -0.467 e. The van der Waals surface area contributed by atoms with Crippen LogP contribution in [0.1, 0.15) is 28.4 Å². The highest BCUT2D eigenvalue weighted by Gasteiger charge is 2.33. The van der Waals surface area contributed by atoms with Crippen molar-refractivity contribution >= 4 is 36.1 Å². The van der Waals surface area contributed by atoms with E-state index in [9.17, 15) is 19.2 Å². The van der Waals surface area contributed by atoms with Crippen LogP contribution in [-0.2, 0) is 13.0 Å². The second-order valence-corrected chi connectivity index (χ2v) is 7.66. The van der Waals surface area contributed by atoms with Gasteiger partial charge < -0.3 is 30.7 Å². The molecule has 33 heavy (non-hydrogen) atoms. The number of aromatic nitrogens is 3. The SMILES string of the molecule is COc1nc(NCc2cccc(B(O)O)c2)nc(N2c3cc(F)cc(C(N)=O)c3CC2C)n1. The first-order valence-electron chi connectivity index (χ1n) is 10.2. The Morgan fingerprint density at radius 2 is 2.09 bits per heavy atom. The van der Waals surface area contributed by atoms with E-state index >= 15 is 0 Å². The van der Waals surface area contributed by atoms with Gasteiger partial charge in [0.2, 0.25) is 17.8 Å². The Kier molecular flexibility index (Phi) is 6.12. The lowest BCUT2D eigenvalue weighted by atomic mass is 9.80. The molecule has 0 bridgehead atoms. The molecule has 12 heteroatoms. The third-order valence-electron chi connectivity index (χ3n) is 5.36. The van der Waals surface area contributed by atoms with Gasteiger partial charge in [0, 0.05) is 18.2 Å². The van der Waals surface area contributed by atoms with Gasteiger partial charge in [-0.05, 0) is 42.1 Å². The van der Waals surface area contributed by atoms with Crippen LogP contribution in [0.3, 0.4) is 0 Å². The lowest BCUT2D eigenvalue weighted by Gasteiger charge is -2.23. The first kappa shape index (κ1) is 22.4.